The molecule has 0 radical (unpaired) electrons. The topological polar surface area (TPSA) is 102 Å². The van der Waals surface area contributed by atoms with Crippen LogP contribution in [0.3, 0.4) is 0 Å². The van der Waals surface area contributed by atoms with E-state index in [0.717, 1.165) is 18.5 Å². The Bertz CT molecular complexity index is 742. The molecule has 2 aliphatic heterocycles. The number of fused-ring (bicyclic) bond motifs is 1. The molecule has 0 saturated carbocycles. The Kier molecular flexibility index (Phi) is 7.82. The predicted octanol–water partition coefficient (Wildman–Crippen LogP) is 1.76. The molecule has 8 heteroatoms. The van der Waals surface area contributed by atoms with Gasteiger partial charge in [0, 0.05) is 25.6 Å². The zero-order chi connectivity index (χ0) is 22.6. The highest BCUT2D eigenvalue weighted by Crippen LogP contribution is 2.32. The Morgan fingerprint density at radius 2 is 1.97 bits per heavy atom. The SMILES string of the molecule is C/C=C(\C)C(=O)OC(C)[C@](O)(C(=O)OCC1=CCN2CC[C@@H](OC(C)=O)[C@@H]12)C(C)C. The van der Waals surface area contributed by atoms with Gasteiger partial charge in [-0.3, -0.25) is 9.69 Å². The molecular weight excluding hydrogens is 390 g/mol. The Morgan fingerprint density at radius 3 is 2.53 bits per heavy atom. The van der Waals surface area contributed by atoms with E-state index in [1.54, 1.807) is 33.8 Å². The average molecular weight is 424 g/mol. The van der Waals surface area contributed by atoms with Crippen molar-refractivity contribution in [2.24, 2.45) is 5.92 Å². The minimum atomic E-state index is -1.99. The summed E-state index contributed by atoms with van der Waals surface area (Å²) >= 11 is 0. The fraction of sp³-hybridized carbons (Fsp3) is 0.682. The van der Waals surface area contributed by atoms with Gasteiger partial charge in [-0.25, -0.2) is 9.59 Å². The van der Waals surface area contributed by atoms with E-state index in [1.807, 2.05) is 6.08 Å². The quantitative estimate of drug-likeness (QED) is 0.273. The smallest absolute Gasteiger partial charge is 0.342 e. The van der Waals surface area contributed by atoms with Crippen LogP contribution in [-0.2, 0) is 28.6 Å². The van der Waals surface area contributed by atoms with Crippen molar-refractivity contribution in [2.75, 3.05) is 19.7 Å². The molecule has 1 fully saturated rings. The van der Waals surface area contributed by atoms with Crippen molar-refractivity contribution in [1.82, 2.24) is 4.90 Å². The van der Waals surface area contributed by atoms with Crippen molar-refractivity contribution in [2.45, 2.75) is 71.8 Å². The van der Waals surface area contributed by atoms with E-state index in [2.05, 4.69) is 4.90 Å². The third-order valence-corrected chi connectivity index (χ3v) is 5.97. The third-order valence-electron chi connectivity index (χ3n) is 5.97. The number of ether oxygens (including phenoxy) is 3. The highest BCUT2D eigenvalue weighted by Gasteiger charge is 2.49. The summed E-state index contributed by atoms with van der Waals surface area (Å²) in [6, 6.07) is -0.124. The van der Waals surface area contributed by atoms with E-state index in [4.69, 9.17) is 14.2 Å². The maximum Gasteiger partial charge on any atom is 0.342 e. The summed E-state index contributed by atoms with van der Waals surface area (Å²) in [6.07, 6.45) is 2.91. The van der Waals surface area contributed by atoms with Gasteiger partial charge >= 0.3 is 17.9 Å². The second kappa shape index (κ2) is 9.75. The molecule has 4 atom stereocenters. The van der Waals surface area contributed by atoms with Crippen LogP contribution in [0.5, 0.6) is 0 Å². The number of esters is 3. The Hall–Kier alpha value is -2.19. The van der Waals surface area contributed by atoms with Gasteiger partial charge in [0.1, 0.15) is 18.8 Å². The first-order valence-corrected chi connectivity index (χ1v) is 10.4. The standard InChI is InChI=1S/C22H33NO7/c1-7-14(4)20(25)29-15(5)22(27,13(2)3)21(26)28-12-17-8-10-23-11-9-18(19(17)23)30-16(6)24/h7-8,13,15,18-19,27H,9-12H2,1-6H3/b14-7+/t15?,18-,19-,22+/m1/s1. The molecule has 0 aliphatic carbocycles. The van der Waals surface area contributed by atoms with Crippen molar-refractivity contribution >= 4 is 17.9 Å². The van der Waals surface area contributed by atoms with Gasteiger partial charge in [-0.15, -0.1) is 0 Å². The van der Waals surface area contributed by atoms with Gasteiger partial charge in [0.25, 0.3) is 0 Å². The predicted molar refractivity (Wildman–Crippen MR) is 109 cm³/mol. The summed E-state index contributed by atoms with van der Waals surface area (Å²) < 4.78 is 16.2. The molecule has 1 N–H and O–H groups in total. The van der Waals surface area contributed by atoms with E-state index in [1.165, 1.54) is 13.8 Å². The van der Waals surface area contributed by atoms with Crippen LogP contribution >= 0.6 is 0 Å². The second-order valence-corrected chi connectivity index (χ2v) is 8.23. The minimum absolute atomic E-state index is 0.0264. The Balaban J connectivity index is 2.06. The lowest BCUT2D eigenvalue weighted by Crippen LogP contribution is -2.55. The Labute approximate surface area is 177 Å². The zero-order valence-electron chi connectivity index (χ0n) is 18.6. The molecule has 0 spiro atoms. The molecular formula is C22H33NO7. The second-order valence-electron chi connectivity index (χ2n) is 8.23. The van der Waals surface area contributed by atoms with E-state index < -0.39 is 29.6 Å². The van der Waals surface area contributed by atoms with Crippen molar-refractivity contribution in [3.05, 3.63) is 23.3 Å². The summed E-state index contributed by atoms with van der Waals surface area (Å²) in [5, 5.41) is 11.1. The first kappa shape index (κ1) is 24.1. The van der Waals surface area contributed by atoms with Gasteiger partial charge in [0.05, 0.1) is 6.04 Å². The number of allylic oxidation sites excluding steroid dienone is 1. The molecule has 1 saturated heterocycles. The molecule has 0 aromatic carbocycles. The van der Waals surface area contributed by atoms with Crippen molar-refractivity contribution in [3.8, 4) is 0 Å². The van der Waals surface area contributed by atoms with Crippen molar-refractivity contribution in [3.63, 3.8) is 0 Å². The molecule has 8 nitrogen and oxygen atoms in total. The number of nitrogens with zero attached hydrogens (tertiary/aromatic N) is 1. The summed E-state index contributed by atoms with van der Waals surface area (Å²) in [7, 11) is 0. The maximum atomic E-state index is 12.9. The van der Waals surface area contributed by atoms with Gasteiger partial charge in [-0.05, 0) is 38.7 Å². The van der Waals surface area contributed by atoms with Crippen LogP contribution in [0.2, 0.25) is 0 Å². The lowest BCUT2D eigenvalue weighted by molar-refractivity contribution is -0.191. The fourth-order valence-electron chi connectivity index (χ4n) is 3.94. The van der Waals surface area contributed by atoms with E-state index >= 15 is 0 Å². The molecule has 0 bridgehead atoms. The van der Waals surface area contributed by atoms with Crippen LogP contribution in [-0.4, -0.2) is 71.5 Å². The van der Waals surface area contributed by atoms with Crippen LogP contribution in [0.1, 0.15) is 48.0 Å². The number of carbonyl (C=O) groups excluding carboxylic acids is 3. The summed E-state index contributed by atoms with van der Waals surface area (Å²) in [4.78, 5) is 38.5. The first-order valence-electron chi connectivity index (χ1n) is 10.4. The third kappa shape index (κ3) is 4.92. The van der Waals surface area contributed by atoms with Gasteiger partial charge in [0.15, 0.2) is 0 Å². The molecule has 0 aromatic heterocycles. The molecule has 2 aliphatic rings. The molecule has 0 aromatic rings. The number of carbonyl (C=O) groups is 3. The molecule has 1 unspecified atom stereocenters. The monoisotopic (exact) mass is 423 g/mol. The van der Waals surface area contributed by atoms with E-state index in [-0.39, 0.29) is 24.7 Å². The van der Waals surface area contributed by atoms with Crippen LogP contribution in [0.15, 0.2) is 23.3 Å². The molecule has 30 heavy (non-hydrogen) atoms. The average Bonchev–Trinajstić information content (AvgIpc) is 3.26. The van der Waals surface area contributed by atoms with E-state index in [0.29, 0.717) is 12.1 Å². The number of rotatable bonds is 8. The van der Waals surface area contributed by atoms with Crippen LogP contribution < -0.4 is 0 Å². The van der Waals surface area contributed by atoms with Crippen LogP contribution in [0, 0.1) is 5.92 Å². The van der Waals surface area contributed by atoms with Gasteiger partial charge in [0.2, 0.25) is 5.60 Å². The van der Waals surface area contributed by atoms with Crippen LogP contribution in [0.25, 0.3) is 0 Å². The van der Waals surface area contributed by atoms with Gasteiger partial charge in [-0.1, -0.05) is 26.0 Å². The first-order chi connectivity index (χ1) is 14.0. The number of hydrogen-bond acceptors (Lipinski definition) is 8. The normalized spacial score (nSPS) is 24.7. The minimum Gasteiger partial charge on any atom is -0.460 e. The van der Waals surface area contributed by atoms with Gasteiger partial charge < -0.3 is 19.3 Å². The molecule has 2 heterocycles. The van der Waals surface area contributed by atoms with Gasteiger partial charge in [-0.2, -0.15) is 0 Å². The van der Waals surface area contributed by atoms with Crippen molar-refractivity contribution < 1.29 is 33.7 Å². The highest BCUT2D eigenvalue weighted by atomic mass is 16.6. The van der Waals surface area contributed by atoms with E-state index in [9.17, 15) is 19.5 Å². The number of hydrogen-bond donors (Lipinski definition) is 1. The number of aliphatic hydroxyl groups is 1. The largest absolute Gasteiger partial charge is 0.460 e. The summed E-state index contributed by atoms with van der Waals surface area (Å²) in [5.41, 5.74) is -0.768. The lowest BCUT2D eigenvalue weighted by Gasteiger charge is -2.35. The maximum absolute atomic E-state index is 12.9. The molecule has 0 amide bonds. The Morgan fingerprint density at radius 1 is 1.30 bits per heavy atom. The van der Waals surface area contributed by atoms with Crippen molar-refractivity contribution in [1.29, 1.82) is 0 Å². The zero-order valence-corrected chi connectivity index (χ0v) is 18.6. The highest BCUT2D eigenvalue weighted by molar-refractivity contribution is 5.88. The van der Waals surface area contributed by atoms with Crippen LogP contribution in [0.4, 0.5) is 0 Å². The summed E-state index contributed by atoms with van der Waals surface area (Å²) in [5.74, 6) is -2.34. The lowest BCUT2D eigenvalue weighted by atomic mass is 9.85. The summed E-state index contributed by atoms with van der Waals surface area (Å²) in [6.45, 7) is 11.0. The fourth-order valence-corrected chi connectivity index (χ4v) is 3.94. The molecule has 2 rings (SSSR count). The molecule has 168 valence electrons.